The van der Waals surface area contributed by atoms with Gasteiger partial charge in [-0.1, -0.05) is 23.4 Å². The number of nitrogens with zero attached hydrogens (tertiary/aromatic N) is 4. The van der Waals surface area contributed by atoms with E-state index >= 15 is 0 Å². The second kappa shape index (κ2) is 11.3. The van der Waals surface area contributed by atoms with Gasteiger partial charge < -0.3 is 25.0 Å². The van der Waals surface area contributed by atoms with Crippen LogP contribution in [0.1, 0.15) is 5.69 Å². The molecule has 2 aliphatic heterocycles. The van der Waals surface area contributed by atoms with E-state index in [1.54, 1.807) is 54.7 Å². The topological polar surface area (TPSA) is 206 Å². The number of carboxylic acids is 1. The smallest absolute Gasteiger partial charge is 0.437 e. The molecule has 1 fully saturated rings. The summed E-state index contributed by atoms with van der Waals surface area (Å²) < 4.78 is 12.2. The van der Waals surface area contributed by atoms with Crippen molar-refractivity contribution in [3.05, 3.63) is 84.2 Å². The minimum atomic E-state index is -1.27. The number of rotatable bonds is 8. The zero-order chi connectivity index (χ0) is 30.1. The fourth-order valence-corrected chi connectivity index (χ4v) is 6.03. The Bertz CT molecular complexity index is 1820. The Kier molecular flexibility index (Phi) is 7.25. The summed E-state index contributed by atoms with van der Waals surface area (Å²) >= 11 is 1.30. The number of benzene rings is 1. The average molecular weight is 605 g/mol. The number of hydrogen-bond donors (Lipinski definition) is 4. The molecule has 2 atom stereocenters. The molecule has 4 aromatic rings. The van der Waals surface area contributed by atoms with Gasteiger partial charge in [0.15, 0.2) is 24.0 Å². The van der Waals surface area contributed by atoms with Crippen LogP contribution in [0.15, 0.2) is 92.5 Å². The van der Waals surface area contributed by atoms with Gasteiger partial charge in [-0.15, -0.1) is 11.8 Å². The molecule has 1 saturated heterocycles. The number of thioether (sulfide) groups is 1. The second-order valence-electron chi connectivity index (χ2n) is 9.31. The van der Waals surface area contributed by atoms with Crippen molar-refractivity contribution in [1.82, 2.24) is 15.2 Å². The number of furan rings is 1. The fourth-order valence-electron chi connectivity index (χ4n) is 4.70. The number of aliphatic carboxylic acids is 1. The van der Waals surface area contributed by atoms with Gasteiger partial charge in [0.2, 0.25) is 0 Å². The van der Waals surface area contributed by atoms with Crippen LogP contribution in [0.3, 0.4) is 0 Å². The van der Waals surface area contributed by atoms with Gasteiger partial charge in [0.1, 0.15) is 29.1 Å². The first-order chi connectivity index (χ1) is 20.8. The molecule has 43 heavy (non-hydrogen) atoms. The van der Waals surface area contributed by atoms with E-state index in [4.69, 9.17) is 19.4 Å². The molecule has 0 aliphatic carbocycles. The average Bonchev–Trinajstić information content (AvgIpc) is 3.66. The Labute approximate surface area is 246 Å². The number of β-lactam (4-membered cyclic amide) rings is 1. The lowest BCUT2D eigenvalue weighted by atomic mass is 10.0. The van der Waals surface area contributed by atoms with Crippen molar-refractivity contribution < 1.29 is 42.5 Å². The monoisotopic (exact) mass is 604 g/mol. The first kappa shape index (κ1) is 27.5. The van der Waals surface area contributed by atoms with Crippen molar-refractivity contribution in [1.29, 1.82) is 0 Å². The van der Waals surface area contributed by atoms with Gasteiger partial charge in [-0.05, 0) is 18.2 Å². The van der Waals surface area contributed by atoms with Crippen molar-refractivity contribution in [3.8, 4) is 0 Å². The third kappa shape index (κ3) is 5.38. The highest BCUT2D eigenvalue weighted by atomic mass is 32.2. The summed E-state index contributed by atoms with van der Waals surface area (Å²) in [5.74, 6) is -2.54. The second-order valence-corrected chi connectivity index (χ2v) is 10.4. The van der Waals surface area contributed by atoms with Gasteiger partial charge in [-0.3, -0.25) is 24.6 Å². The van der Waals surface area contributed by atoms with Gasteiger partial charge in [-0.25, -0.2) is 9.59 Å². The highest BCUT2D eigenvalue weighted by Crippen LogP contribution is 2.40. The van der Waals surface area contributed by atoms with Gasteiger partial charge in [-0.2, -0.15) is 9.55 Å². The summed E-state index contributed by atoms with van der Waals surface area (Å²) in [7, 11) is 0. The number of aromatic nitrogens is 2. The maximum atomic E-state index is 13.3. The summed E-state index contributed by atoms with van der Waals surface area (Å²) in [6.07, 6.45) is 3.38. The van der Waals surface area contributed by atoms with E-state index in [1.807, 2.05) is 4.57 Å². The minimum absolute atomic E-state index is 0.147. The third-order valence-electron chi connectivity index (χ3n) is 6.61. The number of carboxylic acid groups (broad SMARTS) is 1. The number of oxime groups is 1. The summed E-state index contributed by atoms with van der Waals surface area (Å²) in [4.78, 5) is 61.0. The summed E-state index contributed by atoms with van der Waals surface area (Å²) in [6, 6.07) is 12.4. The molecule has 2 aliphatic rings. The maximum absolute atomic E-state index is 13.3. The number of nitrogens with one attached hydrogen (secondary N) is 2. The Morgan fingerprint density at radius 2 is 2.00 bits per heavy atom. The van der Waals surface area contributed by atoms with Crippen LogP contribution in [-0.4, -0.2) is 61.7 Å². The number of nitrogens with two attached hydrogens (primary N) is 1. The van der Waals surface area contributed by atoms with Crippen molar-refractivity contribution >= 4 is 64.2 Å². The predicted octanol–water partition coefficient (Wildman–Crippen LogP) is 1.68. The van der Waals surface area contributed by atoms with Crippen LogP contribution < -0.4 is 20.9 Å². The molecule has 0 bridgehead atoms. The molecule has 3 amide bonds. The number of oxazole rings is 1. The Balaban J connectivity index is 1.19. The van der Waals surface area contributed by atoms with Crippen LogP contribution in [0.2, 0.25) is 0 Å². The molecule has 1 aromatic carbocycles. The Hall–Kier alpha value is -5.64. The van der Waals surface area contributed by atoms with Crippen molar-refractivity contribution in [2.24, 2.45) is 5.16 Å². The molecule has 5 heterocycles. The highest BCUT2D eigenvalue weighted by molar-refractivity contribution is 8.00. The van der Waals surface area contributed by atoms with E-state index in [1.165, 1.54) is 18.0 Å². The lowest BCUT2D eigenvalue weighted by Gasteiger charge is -2.49. The summed E-state index contributed by atoms with van der Waals surface area (Å²) in [5, 5.41) is 18.0. The van der Waals surface area contributed by atoms with Crippen molar-refractivity contribution in [2.75, 3.05) is 16.8 Å². The van der Waals surface area contributed by atoms with Crippen LogP contribution >= 0.6 is 11.8 Å². The molecule has 3 aromatic heterocycles. The summed E-state index contributed by atoms with van der Waals surface area (Å²) in [6.45, 7) is 0.214. The number of pyridine rings is 1. The molecular weight excluding hydrogens is 582 g/mol. The van der Waals surface area contributed by atoms with Gasteiger partial charge in [0, 0.05) is 29.1 Å². The molecule has 0 radical (unpaired) electrons. The number of carbonyl (C=O) groups is 4. The normalized spacial score (nSPS) is 18.2. The largest absolute Gasteiger partial charge is 0.477 e. The molecule has 6 rings (SSSR count). The summed E-state index contributed by atoms with van der Waals surface area (Å²) in [5.41, 5.74) is 7.10. The van der Waals surface area contributed by atoms with Gasteiger partial charge >= 0.3 is 12.1 Å². The number of hydrogen-bond acceptors (Lipinski definition) is 11. The number of fused-ring (bicyclic) bond motifs is 2. The van der Waals surface area contributed by atoms with Crippen molar-refractivity contribution in [2.45, 2.75) is 18.0 Å². The Morgan fingerprint density at radius 1 is 1.19 bits per heavy atom. The minimum Gasteiger partial charge on any atom is -0.477 e. The molecule has 16 heteroatoms. The number of amides is 3. The maximum Gasteiger partial charge on any atom is 0.437 e. The number of nitrogen functional groups attached to an aromatic ring is 1. The molecule has 5 N–H and O–H groups in total. The quantitative estimate of drug-likeness (QED) is 0.0748. The van der Waals surface area contributed by atoms with E-state index in [9.17, 15) is 24.3 Å². The van der Waals surface area contributed by atoms with Crippen LogP contribution in [0, 0.1) is 0 Å². The van der Waals surface area contributed by atoms with Gasteiger partial charge in [0.25, 0.3) is 23.3 Å². The van der Waals surface area contributed by atoms with E-state index in [0.717, 1.165) is 16.7 Å². The van der Waals surface area contributed by atoms with E-state index in [0.29, 0.717) is 16.8 Å². The number of para-hydroxylation sites is 1. The van der Waals surface area contributed by atoms with Gasteiger partial charge in [0.05, 0.1) is 6.26 Å². The van der Waals surface area contributed by atoms with Crippen molar-refractivity contribution in [3.63, 3.8) is 0 Å². The molecule has 0 spiro atoms. The standard InChI is InChI=1S/C27H21N7O8S/c28-26-30-16(12-41-26)19(32-42-27(39)29-15-5-2-1-3-6-15)22(35)31-20-23(36)34-21(25(37)38)14(13-43-24(20)34)11-33-9-4-7-18-17(33)8-10-40-18/h1-10,12,20,24H,11,13H2,(H4-,28,29,30,31,35,37,38,39)/p+1/t20?,24-/m1/s1. The molecule has 218 valence electrons. The van der Waals surface area contributed by atoms with E-state index in [-0.39, 0.29) is 29.7 Å². The zero-order valence-corrected chi connectivity index (χ0v) is 22.8. The van der Waals surface area contributed by atoms with Crippen LogP contribution in [0.4, 0.5) is 16.5 Å². The molecular formula is C27H22N7O8S+. The first-order valence-electron chi connectivity index (χ1n) is 12.7. The molecule has 1 unspecified atom stereocenters. The molecule has 0 saturated carbocycles. The predicted molar refractivity (Wildman–Crippen MR) is 150 cm³/mol. The molecule has 15 nitrogen and oxygen atoms in total. The first-order valence-corrected chi connectivity index (χ1v) is 13.7. The SMILES string of the molecule is Nc1nc(C(=NOC(=O)Nc2ccccc2)C(=O)NC2C(=O)N3C(C(=O)O)=C(C[n+]4cccc5occc54)CS[C@H]23)co1. The lowest BCUT2D eigenvalue weighted by Crippen LogP contribution is -2.71. The number of anilines is 2. The third-order valence-corrected chi connectivity index (χ3v) is 7.95. The highest BCUT2D eigenvalue weighted by Gasteiger charge is 2.55. The van der Waals surface area contributed by atoms with Crippen LogP contribution in [0.5, 0.6) is 0 Å². The van der Waals surface area contributed by atoms with E-state index < -0.39 is 41.0 Å². The number of carbonyl (C=O) groups excluding carboxylic acids is 3. The van der Waals surface area contributed by atoms with E-state index in [2.05, 4.69) is 20.8 Å². The lowest BCUT2D eigenvalue weighted by molar-refractivity contribution is -0.663. The zero-order valence-electron chi connectivity index (χ0n) is 22.0. The van der Waals surface area contributed by atoms with Crippen LogP contribution in [0.25, 0.3) is 11.1 Å². The van der Waals surface area contributed by atoms with Crippen LogP contribution in [-0.2, 0) is 25.8 Å². The Morgan fingerprint density at radius 3 is 2.74 bits per heavy atom. The fraction of sp³-hybridized carbons (Fsp3) is 0.148.